The Labute approximate surface area is 58.8 Å². The predicted molar refractivity (Wildman–Crippen MR) is 36.0 cm³/mol. The molecule has 0 radical (unpaired) electrons. The number of hydrogen-bond acceptors (Lipinski definition) is 3. The molecule has 0 saturated heterocycles. The van der Waals surface area contributed by atoms with Crippen LogP contribution in [0, 0.1) is 0 Å². The van der Waals surface area contributed by atoms with Crippen LogP contribution in [0.5, 0.6) is 0 Å². The molecule has 0 bridgehead atoms. The van der Waals surface area contributed by atoms with E-state index in [1.165, 1.54) is 0 Å². The molecule has 3 amide bonds. The van der Waals surface area contributed by atoms with E-state index in [-0.39, 0.29) is 0 Å². The van der Waals surface area contributed by atoms with E-state index in [1.807, 2.05) is 5.32 Å². The quantitative estimate of drug-likeness (QED) is 0.461. The summed E-state index contributed by atoms with van der Waals surface area (Å²) >= 11 is 0. The summed E-state index contributed by atoms with van der Waals surface area (Å²) in [6.45, 7) is 1.74. The van der Waals surface area contributed by atoms with E-state index in [4.69, 9.17) is 5.73 Å². The highest BCUT2D eigenvalue weighted by molar-refractivity contribution is 5.96. The molecule has 0 aromatic heterocycles. The van der Waals surface area contributed by atoms with Crippen LogP contribution < -0.4 is 16.8 Å². The lowest BCUT2D eigenvalue weighted by Crippen LogP contribution is -2.45. The van der Waals surface area contributed by atoms with Gasteiger partial charge < -0.3 is 11.5 Å². The third kappa shape index (κ3) is 3.03. The second kappa shape index (κ2) is 3.84. The number of imide groups is 1. The summed E-state index contributed by atoms with van der Waals surface area (Å²) in [7, 11) is 0. The van der Waals surface area contributed by atoms with Crippen LogP contribution in [0.3, 0.4) is 0 Å². The van der Waals surface area contributed by atoms with Crippen LogP contribution in [0.2, 0.25) is 0 Å². The molecule has 0 aromatic carbocycles. The molecule has 10 heavy (non-hydrogen) atoms. The highest BCUT2D eigenvalue weighted by atomic mass is 16.2. The topological polar surface area (TPSA) is 98.2 Å². The fourth-order valence-corrected chi connectivity index (χ4v) is 0.400. The average Bonchev–Trinajstić information content (AvgIpc) is 1.85. The number of nitrogens with one attached hydrogen (secondary N) is 1. The van der Waals surface area contributed by atoms with E-state index < -0.39 is 18.0 Å². The summed E-state index contributed by atoms with van der Waals surface area (Å²) in [4.78, 5) is 20.7. The Hall–Kier alpha value is -1.10. The van der Waals surface area contributed by atoms with Crippen molar-refractivity contribution in [2.45, 2.75) is 19.4 Å². The SMILES string of the molecule is CC[C@H](N)C(=O)NC(N)=O. The first kappa shape index (κ1) is 8.90. The van der Waals surface area contributed by atoms with E-state index in [9.17, 15) is 9.59 Å². The van der Waals surface area contributed by atoms with Crippen molar-refractivity contribution in [3.8, 4) is 0 Å². The molecule has 0 aliphatic rings. The minimum Gasteiger partial charge on any atom is -0.351 e. The second-order valence-corrected chi connectivity index (χ2v) is 1.87. The van der Waals surface area contributed by atoms with Gasteiger partial charge in [-0.05, 0) is 6.42 Å². The Morgan fingerprint density at radius 1 is 1.60 bits per heavy atom. The molecule has 0 heterocycles. The summed E-state index contributed by atoms with van der Waals surface area (Å²) < 4.78 is 0. The first-order chi connectivity index (χ1) is 4.57. The molecule has 5 N–H and O–H groups in total. The van der Waals surface area contributed by atoms with Gasteiger partial charge in [-0.25, -0.2) is 4.79 Å². The number of urea groups is 1. The fourth-order valence-electron chi connectivity index (χ4n) is 0.400. The molecule has 0 fully saturated rings. The summed E-state index contributed by atoms with van der Waals surface area (Å²) in [5, 5.41) is 1.87. The number of carbonyl (C=O) groups is 2. The lowest BCUT2D eigenvalue weighted by Gasteiger charge is -2.05. The minimum atomic E-state index is -0.867. The Bertz CT molecular complexity index is 146. The lowest BCUT2D eigenvalue weighted by atomic mass is 10.2. The van der Waals surface area contributed by atoms with Crippen LogP contribution in [-0.4, -0.2) is 18.0 Å². The van der Waals surface area contributed by atoms with E-state index in [0.717, 1.165) is 0 Å². The van der Waals surface area contributed by atoms with E-state index in [1.54, 1.807) is 6.92 Å². The molecule has 0 unspecified atom stereocenters. The van der Waals surface area contributed by atoms with Crippen molar-refractivity contribution in [3.63, 3.8) is 0 Å². The van der Waals surface area contributed by atoms with Gasteiger partial charge in [0.15, 0.2) is 0 Å². The Morgan fingerprint density at radius 3 is 2.40 bits per heavy atom. The smallest absolute Gasteiger partial charge is 0.318 e. The van der Waals surface area contributed by atoms with Gasteiger partial charge in [-0.3, -0.25) is 10.1 Å². The van der Waals surface area contributed by atoms with Gasteiger partial charge in [-0.2, -0.15) is 0 Å². The maximum atomic E-state index is 10.6. The first-order valence-electron chi connectivity index (χ1n) is 2.93. The number of carbonyl (C=O) groups excluding carboxylic acids is 2. The molecule has 0 rings (SSSR count). The zero-order valence-corrected chi connectivity index (χ0v) is 5.76. The lowest BCUT2D eigenvalue weighted by molar-refractivity contribution is -0.121. The predicted octanol–water partition coefficient (Wildman–Crippen LogP) is -1.08. The van der Waals surface area contributed by atoms with Crippen molar-refractivity contribution < 1.29 is 9.59 Å². The molecular formula is C5H11N3O2. The Balaban J connectivity index is 3.73. The largest absolute Gasteiger partial charge is 0.351 e. The molecule has 58 valence electrons. The molecule has 0 saturated carbocycles. The maximum Gasteiger partial charge on any atom is 0.318 e. The molecule has 0 spiro atoms. The van der Waals surface area contributed by atoms with Crippen LogP contribution in [0.1, 0.15) is 13.3 Å². The van der Waals surface area contributed by atoms with Gasteiger partial charge in [-0.15, -0.1) is 0 Å². The highest BCUT2D eigenvalue weighted by Crippen LogP contribution is 1.83. The van der Waals surface area contributed by atoms with Gasteiger partial charge in [-0.1, -0.05) is 6.92 Å². The van der Waals surface area contributed by atoms with Crippen molar-refractivity contribution in [1.29, 1.82) is 0 Å². The maximum absolute atomic E-state index is 10.6. The molecular weight excluding hydrogens is 134 g/mol. The van der Waals surface area contributed by atoms with Crippen LogP contribution >= 0.6 is 0 Å². The van der Waals surface area contributed by atoms with Gasteiger partial charge in [0.1, 0.15) is 0 Å². The Kier molecular flexibility index (Phi) is 3.42. The van der Waals surface area contributed by atoms with Gasteiger partial charge in [0, 0.05) is 0 Å². The van der Waals surface area contributed by atoms with Crippen molar-refractivity contribution in [2.24, 2.45) is 11.5 Å². The van der Waals surface area contributed by atoms with E-state index >= 15 is 0 Å². The van der Waals surface area contributed by atoms with Crippen molar-refractivity contribution in [3.05, 3.63) is 0 Å². The number of primary amides is 1. The third-order valence-corrected chi connectivity index (χ3v) is 1.02. The van der Waals surface area contributed by atoms with Gasteiger partial charge in [0.2, 0.25) is 5.91 Å². The molecule has 5 nitrogen and oxygen atoms in total. The van der Waals surface area contributed by atoms with Gasteiger partial charge >= 0.3 is 6.03 Å². The van der Waals surface area contributed by atoms with E-state index in [0.29, 0.717) is 6.42 Å². The summed E-state index contributed by atoms with van der Waals surface area (Å²) in [5.74, 6) is -0.532. The minimum absolute atomic E-state index is 0.485. The zero-order valence-electron chi connectivity index (χ0n) is 5.76. The van der Waals surface area contributed by atoms with Crippen LogP contribution in [0.15, 0.2) is 0 Å². The Morgan fingerprint density at radius 2 is 2.10 bits per heavy atom. The summed E-state index contributed by atoms with van der Waals surface area (Å²) in [5.41, 5.74) is 9.90. The van der Waals surface area contributed by atoms with Gasteiger partial charge in [0.25, 0.3) is 0 Å². The van der Waals surface area contributed by atoms with Crippen LogP contribution in [0.25, 0.3) is 0 Å². The third-order valence-electron chi connectivity index (χ3n) is 1.02. The second-order valence-electron chi connectivity index (χ2n) is 1.87. The monoisotopic (exact) mass is 145 g/mol. The summed E-state index contributed by atoms with van der Waals surface area (Å²) in [6, 6.07) is -1.51. The molecule has 5 heteroatoms. The number of rotatable bonds is 2. The summed E-state index contributed by atoms with van der Waals surface area (Å²) in [6.07, 6.45) is 0.485. The normalized spacial score (nSPS) is 12.2. The van der Waals surface area contributed by atoms with Gasteiger partial charge in [0.05, 0.1) is 6.04 Å². The number of nitrogens with two attached hydrogens (primary N) is 2. The van der Waals surface area contributed by atoms with Crippen LogP contribution in [-0.2, 0) is 4.79 Å². The van der Waals surface area contributed by atoms with Crippen LogP contribution in [0.4, 0.5) is 4.79 Å². The van der Waals surface area contributed by atoms with Crippen molar-refractivity contribution >= 4 is 11.9 Å². The molecule has 0 aliphatic carbocycles. The van der Waals surface area contributed by atoms with Crippen molar-refractivity contribution in [2.75, 3.05) is 0 Å². The standard InChI is InChI=1S/C5H11N3O2/c1-2-3(6)4(9)8-5(7)10/h3H,2,6H2,1H3,(H3,7,8,9,10)/t3-/m0/s1. The highest BCUT2D eigenvalue weighted by Gasteiger charge is 2.11. The number of hydrogen-bond donors (Lipinski definition) is 3. The molecule has 1 atom stereocenters. The zero-order chi connectivity index (χ0) is 8.15. The fraction of sp³-hybridized carbons (Fsp3) is 0.600. The van der Waals surface area contributed by atoms with Crippen molar-refractivity contribution in [1.82, 2.24) is 5.32 Å². The number of amides is 3. The average molecular weight is 145 g/mol. The molecule has 0 aromatic rings. The van der Waals surface area contributed by atoms with E-state index in [2.05, 4.69) is 5.73 Å². The first-order valence-corrected chi connectivity index (χ1v) is 2.93. The molecule has 0 aliphatic heterocycles.